The summed E-state index contributed by atoms with van der Waals surface area (Å²) in [4.78, 5) is 11.4. The molecule has 4 rings (SSSR count). The first-order valence-corrected chi connectivity index (χ1v) is 10.8. The van der Waals surface area contributed by atoms with E-state index in [4.69, 9.17) is 4.74 Å². The smallest absolute Gasteiger partial charge is 0.217 e. The van der Waals surface area contributed by atoms with E-state index in [1.807, 2.05) is 25.1 Å². The Balaban J connectivity index is 0.00000289. The average molecular weight is 460 g/mol. The summed E-state index contributed by atoms with van der Waals surface area (Å²) in [6.07, 6.45) is 3.10. The maximum atomic E-state index is 13.2. The van der Waals surface area contributed by atoms with Crippen LogP contribution in [-0.4, -0.2) is 41.1 Å². The van der Waals surface area contributed by atoms with Gasteiger partial charge in [-0.05, 0) is 87.2 Å². The zero-order valence-electron chi connectivity index (χ0n) is 18.1. The number of benzene rings is 2. The van der Waals surface area contributed by atoms with Gasteiger partial charge in [0.05, 0.1) is 6.61 Å². The molecule has 0 aliphatic carbocycles. The second-order valence-electron chi connectivity index (χ2n) is 8.05. The summed E-state index contributed by atoms with van der Waals surface area (Å²) in [6.45, 7) is 5.54. The molecule has 0 saturated carbocycles. The minimum absolute atomic E-state index is 0. The highest BCUT2D eigenvalue weighted by Crippen LogP contribution is 2.28. The van der Waals surface area contributed by atoms with Crippen molar-refractivity contribution in [2.45, 2.75) is 32.1 Å². The van der Waals surface area contributed by atoms with Crippen LogP contribution in [-0.2, 0) is 0 Å². The molecule has 1 fully saturated rings. The van der Waals surface area contributed by atoms with Crippen LogP contribution in [0.25, 0.3) is 11.4 Å². The fraction of sp³-hybridized carbons (Fsp3) is 0.360. The molecule has 1 aliphatic rings. The Morgan fingerprint density at radius 1 is 0.938 bits per heavy atom. The highest BCUT2D eigenvalue weighted by molar-refractivity contribution is 5.85. The fourth-order valence-corrected chi connectivity index (χ4v) is 4.03. The fourth-order valence-electron chi connectivity index (χ4n) is 4.03. The van der Waals surface area contributed by atoms with E-state index in [9.17, 15) is 8.78 Å². The van der Waals surface area contributed by atoms with Crippen LogP contribution in [0.2, 0.25) is 0 Å². The number of piperidine rings is 1. The second-order valence-corrected chi connectivity index (χ2v) is 8.05. The van der Waals surface area contributed by atoms with Gasteiger partial charge < -0.3 is 9.64 Å². The maximum absolute atomic E-state index is 13.2. The number of hydrogen-bond donors (Lipinski definition) is 0. The Morgan fingerprint density at radius 3 is 2.22 bits per heavy atom. The summed E-state index contributed by atoms with van der Waals surface area (Å²) in [7, 11) is 0. The number of nitrogens with zero attached hydrogens (tertiary/aromatic N) is 3. The molecule has 1 aromatic heterocycles. The molecular weight excluding hydrogens is 432 g/mol. The molecule has 0 N–H and O–H groups in total. The minimum atomic E-state index is -0.283. The summed E-state index contributed by atoms with van der Waals surface area (Å²) in [5, 5.41) is 0. The van der Waals surface area contributed by atoms with Gasteiger partial charge in [-0.2, -0.15) is 4.98 Å². The molecule has 4 nitrogen and oxygen atoms in total. The Morgan fingerprint density at radius 2 is 1.56 bits per heavy atom. The van der Waals surface area contributed by atoms with Crippen LogP contribution >= 0.6 is 12.4 Å². The zero-order chi connectivity index (χ0) is 21.6. The quantitative estimate of drug-likeness (QED) is 0.418. The summed E-state index contributed by atoms with van der Waals surface area (Å²) >= 11 is 0. The number of halogens is 3. The maximum Gasteiger partial charge on any atom is 0.217 e. The van der Waals surface area contributed by atoms with Gasteiger partial charge in [-0.15, -0.1) is 12.4 Å². The van der Waals surface area contributed by atoms with E-state index in [1.165, 1.54) is 17.7 Å². The van der Waals surface area contributed by atoms with E-state index in [1.54, 1.807) is 24.3 Å². The van der Waals surface area contributed by atoms with E-state index in [0.717, 1.165) is 50.2 Å². The van der Waals surface area contributed by atoms with Crippen molar-refractivity contribution in [2.75, 3.05) is 26.2 Å². The summed E-state index contributed by atoms with van der Waals surface area (Å²) < 4.78 is 32.2. The topological polar surface area (TPSA) is 38.2 Å². The Hall–Kier alpha value is -2.57. The van der Waals surface area contributed by atoms with Crippen molar-refractivity contribution in [1.82, 2.24) is 14.9 Å². The van der Waals surface area contributed by atoms with Crippen molar-refractivity contribution >= 4 is 12.4 Å². The Kier molecular flexibility index (Phi) is 8.53. The molecule has 0 unspecified atom stereocenters. The SMILES string of the molecule is Cc1cc(OCCCN2CCC(c3ccc(F)cc3)CC2)nc(-c2ccc(F)cc2)n1.Cl. The molecule has 0 amide bonds. The molecule has 2 aromatic carbocycles. The van der Waals surface area contributed by atoms with Gasteiger partial charge in [0.15, 0.2) is 5.82 Å². The monoisotopic (exact) mass is 459 g/mol. The van der Waals surface area contributed by atoms with Gasteiger partial charge in [-0.25, -0.2) is 13.8 Å². The van der Waals surface area contributed by atoms with Crippen LogP contribution < -0.4 is 4.74 Å². The van der Waals surface area contributed by atoms with Gasteiger partial charge in [0.25, 0.3) is 0 Å². The van der Waals surface area contributed by atoms with Crippen molar-refractivity contribution in [3.63, 3.8) is 0 Å². The third-order valence-corrected chi connectivity index (χ3v) is 5.73. The van der Waals surface area contributed by atoms with Crippen LogP contribution in [0, 0.1) is 18.6 Å². The Bertz CT molecular complexity index is 991. The first-order valence-electron chi connectivity index (χ1n) is 10.8. The van der Waals surface area contributed by atoms with Gasteiger partial charge in [0.1, 0.15) is 11.6 Å². The number of likely N-dealkylation sites (tertiary alicyclic amines) is 1. The number of rotatable bonds is 7. The highest BCUT2D eigenvalue weighted by atomic mass is 35.5. The third-order valence-electron chi connectivity index (χ3n) is 5.73. The normalized spacial score (nSPS) is 14.7. The molecule has 3 aromatic rings. The van der Waals surface area contributed by atoms with Gasteiger partial charge in [-0.3, -0.25) is 0 Å². The van der Waals surface area contributed by atoms with Crippen LogP contribution in [0.15, 0.2) is 54.6 Å². The molecule has 7 heteroatoms. The van der Waals surface area contributed by atoms with Crippen molar-refractivity contribution in [3.05, 3.63) is 77.5 Å². The average Bonchev–Trinajstić information content (AvgIpc) is 2.78. The van der Waals surface area contributed by atoms with E-state index >= 15 is 0 Å². The molecule has 0 bridgehead atoms. The number of aryl methyl sites for hydroxylation is 1. The predicted molar refractivity (Wildman–Crippen MR) is 124 cm³/mol. The number of hydrogen-bond acceptors (Lipinski definition) is 4. The lowest BCUT2D eigenvalue weighted by molar-refractivity contribution is 0.191. The van der Waals surface area contributed by atoms with E-state index in [-0.39, 0.29) is 24.0 Å². The molecule has 0 spiro atoms. The molecule has 170 valence electrons. The first-order chi connectivity index (χ1) is 15.1. The largest absolute Gasteiger partial charge is 0.478 e. The second kappa shape index (κ2) is 11.3. The van der Waals surface area contributed by atoms with Crippen molar-refractivity contribution in [1.29, 1.82) is 0 Å². The summed E-state index contributed by atoms with van der Waals surface area (Å²) in [5.41, 5.74) is 2.81. The van der Waals surface area contributed by atoms with Crippen LogP contribution in [0.4, 0.5) is 8.78 Å². The van der Waals surface area contributed by atoms with E-state index in [0.29, 0.717) is 24.2 Å². The lowest BCUT2D eigenvalue weighted by atomic mass is 9.89. The lowest BCUT2D eigenvalue weighted by Crippen LogP contribution is -2.34. The molecule has 0 atom stereocenters. The van der Waals surface area contributed by atoms with Gasteiger partial charge in [-0.1, -0.05) is 12.1 Å². The number of aromatic nitrogens is 2. The van der Waals surface area contributed by atoms with Crippen LogP contribution in [0.5, 0.6) is 5.88 Å². The minimum Gasteiger partial charge on any atom is -0.478 e. The molecular formula is C25H28ClF2N3O. The third kappa shape index (κ3) is 6.47. The zero-order valence-corrected chi connectivity index (χ0v) is 19.0. The van der Waals surface area contributed by atoms with E-state index < -0.39 is 0 Å². The number of ether oxygens (including phenoxy) is 1. The standard InChI is InChI=1S/C25H27F2N3O.ClH/c1-18-17-24(29-25(28-18)21-5-9-23(27)10-6-21)31-16-2-13-30-14-11-20(12-15-30)19-3-7-22(26)8-4-19;/h3-10,17,20H,2,11-16H2,1H3;1H. The van der Waals surface area contributed by atoms with Crippen LogP contribution in [0.1, 0.15) is 36.4 Å². The molecule has 1 saturated heterocycles. The van der Waals surface area contributed by atoms with Gasteiger partial charge >= 0.3 is 0 Å². The summed E-state index contributed by atoms with van der Waals surface area (Å²) in [5.74, 6) is 1.14. The van der Waals surface area contributed by atoms with Gasteiger partial charge in [0, 0.05) is 23.9 Å². The van der Waals surface area contributed by atoms with Crippen LogP contribution in [0.3, 0.4) is 0 Å². The first kappa shape index (κ1) is 24.1. The lowest BCUT2D eigenvalue weighted by Gasteiger charge is -2.32. The van der Waals surface area contributed by atoms with E-state index in [2.05, 4.69) is 14.9 Å². The highest BCUT2D eigenvalue weighted by Gasteiger charge is 2.20. The van der Waals surface area contributed by atoms with Crippen molar-refractivity contribution < 1.29 is 13.5 Å². The molecule has 1 aliphatic heterocycles. The molecule has 32 heavy (non-hydrogen) atoms. The molecule has 2 heterocycles. The predicted octanol–water partition coefficient (Wildman–Crippen LogP) is 5.80. The molecule has 0 radical (unpaired) electrons. The van der Waals surface area contributed by atoms with Crippen molar-refractivity contribution in [2.24, 2.45) is 0 Å². The van der Waals surface area contributed by atoms with Crippen molar-refractivity contribution in [3.8, 4) is 17.3 Å². The Labute approximate surface area is 194 Å². The summed E-state index contributed by atoms with van der Waals surface area (Å²) in [6, 6.07) is 14.9. The van der Waals surface area contributed by atoms with Gasteiger partial charge in [0.2, 0.25) is 5.88 Å².